The topological polar surface area (TPSA) is 43.4 Å². The van der Waals surface area contributed by atoms with Crippen molar-refractivity contribution in [1.82, 2.24) is 10.3 Å². The van der Waals surface area contributed by atoms with E-state index in [1.54, 1.807) is 12.4 Å². The second kappa shape index (κ2) is 10.0. The second-order valence-corrected chi connectivity index (χ2v) is 14.7. The molecule has 2 atom stereocenters. The van der Waals surface area contributed by atoms with Crippen LogP contribution in [-0.4, -0.2) is 38.1 Å². The van der Waals surface area contributed by atoms with Crippen molar-refractivity contribution in [2.24, 2.45) is 0 Å². The minimum atomic E-state index is -2.15. The van der Waals surface area contributed by atoms with Crippen LogP contribution in [0.4, 0.5) is 0 Å². The maximum atomic E-state index is 6.81. The molecular formula is C20H35Cl2N2O2Si-. The second-order valence-electron chi connectivity index (χ2n) is 8.43. The molecule has 27 heavy (non-hydrogen) atoms. The SMILES string of the molecule is CC[SiH-](CC)(CC)OC(CNC[C@@H]1CCC(C)(C)O1)c1c(Cl)cncc1Cl. The summed E-state index contributed by atoms with van der Waals surface area (Å²) in [4.78, 5) is 4.10. The van der Waals surface area contributed by atoms with Crippen molar-refractivity contribution in [3.63, 3.8) is 0 Å². The number of pyridine rings is 1. The zero-order valence-corrected chi connectivity index (χ0v) is 20.0. The van der Waals surface area contributed by atoms with Crippen LogP contribution in [0.2, 0.25) is 28.2 Å². The van der Waals surface area contributed by atoms with Crippen molar-refractivity contribution in [1.29, 1.82) is 0 Å². The molecular weight excluding hydrogens is 399 g/mol. The van der Waals surface area contributed by atoms with Gasteiger partial charge in [0.25, 0.3) is 0 Å². The van der Waals surface area contributed by atoms with Crippen LogP contribution in [-0.2, 0) is 9.16 Å². The Balaban J connectivity index is 2.12. The number of ether oxygens (including phenoxy) is 1. The number of hydrogen-bond acceptors (Lipinski definition) is 4. The van der Waals surface area contributed by atoms with Crippen LogP contribution in [0, 0.1) is 0 Å². The predicted octanol–water partition coefficient (Wildman–Crippen LogP) is 5.73. The van der Waals surface area contributed by atoms with Gasteiger partial charge in [0.05, 0.1) is 0 Å². The van der Waals surface area contributed by atoms with E-state index in [0.29, 0.717) is 16.6 Å². The summed E-state index contributed by atoms with van der Waals surface area (Å²) in [6.45, 7) is 12.5. The normalized spacial score (nSPS) is 21.4. The van der Waals surface area contributed by atoms with Gasteiger partial charge in [-0.25, -0.2) is 0 Å². The van der Waals surface area contributed by atoms with Crippen molar-refractivity contribution in [3.8, 4) is 0 Å². The van der Waals surface area contributed by atoms with Crippen LogP contribution >= 0.6 is 23.2 Å². The molecule has 1 N–H and O–H groups in total. The fourth-order valence-electron chi connectivity index (χ4n) is 4.05. The Hall–Kier alpha value is -0.173. The van der Waals surface area contributed by atoms with Crippen LogP contribution in [0.1, 0.15) is 59.1 Å². The average molecular weight is 435 g/mol. The Morgan fingerprint density at radius 1 is 1.22 bits per heavy atom. The molecule has 0 saturated carbocycles. The molecule has 0 spiro atoms. The molecule has 1 aromatic heterocycles. The van der Waals surface area contributed by atoms with Gasteiger partial charge in [-0.3, -0.25) is 0 Å². The Morgan fingerprint density at radius 3 is 2.30 bits per heavy atom. The monoisotopic (exact) mass is 433 g/mol. The molecule has 0 aromatic carbocycles. The molecule has 1 aliphatic heterocycles. The van der Waals surface area contributed by atoms with Crippen LogP contribution in [0.3, 0.4) is 0 Å². The Labute approximate surface area is 175 Å². The summed E-state index contributed by atoms with van der Waals surface area (Å²) in [6.07, 6.45) is 5.57. The summed E-state index contributed by atoms with van der Waals surface area (Å²) in [7, 11) is -2.15. The third-order valence-corrected chi connectivity index (χ3v) is 12.1. The van der Waals surface area contributed by atoms with E-state index in [1.165, 1.54) is 0 Å². The summed E-state index contributed by atoms with van der Waals surface area (Å²) in [5, 5.41) is 4.70. The summed E-state index contributed by atoms with van der Waals surface area (Å²) < 4.78 is 12.9. The van der Waals surface area contributed by atoms with Crippen molar-refractivity contribution < 1.29 is 9.16 Å². The first kappa shape index (κ1) is 23.1. The number of halogens is 2. The van der Waals surface area contributed by atoms with E-state index in [1.807, 2.05) is 0 Å². The Morgan fingerprint density at radius 2 is 1.81 bits per heavy atom. The molecule has 1 unspecified atom stereocenters. The van der Waals surface area contributed by atoms with Crippen molar-refractivity contribution in [2.75, 3.05) is 13.1 Å². The molecule has 4 nitrogen and oxygen atoms in total. The van der Waals surface area contributed by atoms with Crippen LogP contribution in [0.25, 0.3) is 0 Å². The molecule has 156 valence electrons. The van der Waals surface area contributed by atoms with E-state index >= 15 is 0 Å². The summed E-state index contributed by atoms with van der Waals surface area (Å²) >= 11 is 12.9. The van der Waals surface area contributed by atoms with Gasteiger partial charge in [0.1, 0.15) is 0 Å². The molecule has 1 fully saturated rings. The third kappa shape index (κ3) is 6.15. The first-order valence-electron chi connectivity index (χ1n) is 10.3. The Bertz CT molecular complexity index is 583. The molecule has 1 saturated heterocycles. The molecule has 0 bridgehead atoms. The standard InChI is InChI=1S/C20H35Cl2N2O2Si/c1-6-27(7-2,8-3)26-18(19-16(21)12-24-13-17(19)22)14-23-11-15-9-10-20(4,5)25-15/h12-13,15,18,23,27H,6-11,14H2,1-5H3/q-1/t15-,18?/m0/s1. The first-order valence-corrected chi connectivity index (χ1v) is 14.0. The van der Waals surface area contributed by atoms with Crippen LogP contribution in [0.15, 0.2) is 12.4 Å². The zero-order valence-electron chi connectivity index (χ0n) is 17.4. The molecule has 0 amide bonds. The van der Waals surface area contributed by atoms with E-state index in [9.17, 15) is 0 Å². The molecule has 0 aliphatic carbocycles. The van der Waals surface area contributed by atoms with Gasteiger partial charge in [0, 0.05) is 0 Å². The van der Waals surface area contributed by atoms with Gasteiger partial charge >= 0.3 is 175 Å². The number of nitrogens with zero attached hydrogens (tertiary/aromatic N) is 1. The van der Waals surface area contributed by atoms with Crippen LogP contribution in [0.5, 0.6) is 0 Å². The molecule has 1 aliphatic rings. The molecule has 0 radical (unpaired) electrons. The van der Waals surface area contributed by atoms with Crippen molar-refractivity contribution in [3.05, 3.63) is 28.0 Å². The van der Waals surface area contributed by atoms with Gasteiger partial charge in [-0.05, 0) is 0 Å². The quantitative estimate of drug-likeness (QED) is 0.478. The molecule has 2 heterocycles. The van der Waals surface area contributed by atoms with E-state index in [2.05, 4.69) is 44.9 Å². The number of rotatable bonds is 10. The van der Waals surface area contributed by atoms with Gasteiger partial charge in [-0.15, -0.1) is 0 Å². The molecule has 7 heteroatoms. The van der Waals surface area contributed by atoms with Gasteiger partial charge in [0.15, 0.2) is 0 Å². The van der Waals surface area contributed by atoms with Gasteiger partial charge in [-0.2, -0.15) is 0 Å². The number of nitrogens with one attached hydrogen (secondary N) is 1. The van der Waals surface area contributed by atoms with Crippen molar-refractivity contribution in [2.45, 2.75) is 83.4 Å². The van der Waals surface area contributed by atoms with E-state index in [0.717, 1.165) is 43.1 Å². The Kier molecular flexibility index (Phi) is 8.59. The van der Waals surface area contributed by atoms with E-state index in [-0.39, 0.29) is 17.8 Å². The van der Waals surface area contributed by atoms with Gasteiger partial charge in [-0.1, -0.05) is 0 Å². The maximum absolute atomic E-state index is 6.81. The molecule has 1 aromatic rings. The number of hydrogen-bond donors (Lipinski definition) is 1. The van der Waals surface area contributed by atoms with Gasteiger partial charge < -0.3 is 0 Å². The van der Waals surface area contributed by atoms with E-state index < -0.39 is 8.32 Å². The summed E-state index contributed by atoms with van der Waals surface area (Å²) in [5.74, 6) is 0. The molecule has 2 rings (SSSR count). The summed E-state index contributed by atoms with van der Waals surface area (Å²) in [6, 6.07) is 3.32. The van der Waals surface area contributed by atoms with Crippen LogP contribution < -0.4 is 5.32 Å². The predicted molar refractivity (Wildman–Crippen MR) is 118 cm³/mol. The van der Waals surface area contributed by atoms with E-state index in [4.69, 9.17) is 32.4 Å². The van der Waals surface area contributed by atoms with Gasteiger partial charge in [0.2, 0.25) is 0 Å². The number of aromatic nitrogens is 1. The minimum absolute atomic E-state index is 0.0178. The fourth-order valence-corrected chi connectivity index (χ4v) is 7.89. The third-order valence-electron chi connectivity index (χ3n) is 6.15. The average Bonchev–Trinajstić information content (AvgIpc) is 2.98. The zero-order chi connectivity index (χ0) is 20.1. The van der Waals surface area contributed by atoms with Crippen molar-refractivity contribution >= 4 is 31.5 Å². The first-order chi connectivity index (χ1) is 12.8. The fraction of sp³-hybridized carbons (Fsp3) is 0.750. The summed E-state index contributed by atoms with van der Waals surface area (Å²) in [5.41, 5.74) is 0.837.